The summed E-state index contributed by atoms with van der Waals surface area (Å²) in [6.45, 7) is 3.48. The SMILES string of the molecule is C=CCOC(=O)C(C#N)=Cc1ccc(-c2cccc(Cl)c2)o1. The molecule has 5 heteroatoms. The number of rotatable bonds is 5. The zero-order chi connectivity index (χ0) is 15.9. The Hall–Kier alpha value is -2.77. The second-order valence-corrected chi connectivity index (χ2v) is 4.71. The third kappa shape index (κ3) is 3.87. The molecular weight excluding hydrogens is 302 g/mol. The quantitative estimate of drug-likeness (QED) is 0.358. The van der Waals surface area contributed by atoms with Gasteiger partial charge in [-0.2, -0.15) is 5.26 Å². The first-order valence-electron chi connectivity index (χ1n) is 6.39. The Bertz CT molecular complexity index is 768. The fourth-order valence-corrected chi connectivity index (χ4v) is 1.91. The van der Waals surface area contributed by atoms with Crippen LogP contribution in [0.15, 0.2) is 59.0 Å². The molecule has 0 aliphatic heterocycles. The monoisotopic (exact) mass is 313 g/mol. The molecule has 0 unspecified atom stereocenters. The second kappa shape index (κ2) is 7.30. The van der Waals surface area contributed by atoms with Crippen LogP contribution in [0, 0.1) is 11.3 Å². The standard InChI is InChI=1S/C17H12ClNO3/c1-2-8-21-17(20)13(11-19)10-15-6-7-16(22-15)12-4-3-5-14(18)9-12/h2-7,9-10H,1,8H2. The van der Waals surface area contributed by atoms with Gasteiger partial charge in [-0.3, -0.25) is 0 Å². The van der Waals surface area contributed by atoms with Crippen molar-refractivity contribution in [1.82, 2.24) is 0 Å². The highest BCUT2D eigenvalue weighted by Gasteiger charge is 2.12. The summed E-state index contributed by atoms with van der Waals surface area (Å²) in [4.78, 5) is 11.6. The van der Waals surface area contributed by atoms with Gasteiger partial charge >= 0.3 is 5.97 Å². The van der Waals surface area contributed by atoms with Crippen molar-refractivity contribution in [3.63, 3.8) is 0 Å². The number of ether oxygens (including phenoxy) is 1. The van der Waals surface area contributed by atoms with Crippen molar-refractivity contribution in [2.24, 2.45) is 0 Å². The number of benzene rings is 1. The Morgan fingerprint density at radius 3 is 2.91 bits per heavy atom. The van der Waals surface area contributed by atoms with Gasteiger partial charge in [-0.05, 0) is 24.3 Å². The van der Waals surface area contributed by atoms with E-state index >= 15 is 0 Å². The maximum atomic E-state index is 11.6. The molecule has 0 aliphatic carbocycles. The average Bonchev–Trinajstić information content (AvgIpc) is 2.99. The number of carbonyl (C=O) groups excluding carboxylic acids is 1. The fourth-order valence-electron chi connectivity index (χ4n) is 1.72. The molecule has 0 bridgehead atoms. The molecule has 0 N–H and O–H groups in total. The molecule has 0 spiro atoms. The smallest absolute Gasteiger partial charge is 0.349 e. The topological polar surface area (TPSA) is 63.2 Å². The fraction of sp³-hybridized carbons (Fsp3) is 0.0588. The lowest BCUT2D eigenvalue weighted by Crippen LogP contribution is -2.06. The van der Waals surface area contributed by atoms with Gasteiger partial charge in [-0.25, -0.2) is 4.79 Å². The van der Waals surface area contributed by atoms with Crippen LogP contribution in [0.3, 0.4) is 0 Å². The highest BCUT2D eigenvalue weighted by atomic mass is 35.5. The minimum absolute atomic E-state index is 0.0454. The Morgan fingerprint density at radius 2 is 2.23 bits per heavy atom. The first kappa shape index (κ1) is 15.6. The van der Waals surface area contributed by atoms with Crippen molar-refractivity contribution in [2.75, 3.05) is 6.61 Å². The third-order valence-corrected chi connectivity index (χ3v) is 2.93. The normalized spacial score (nSPS) is 10.8. The van der Waals surface area contributed by atoms with Crippen molar-refractivity contribution in [2.45, 2.75) is 0 Å². The van der Waals surface area contributed by atoms with E-state index in [9.17, 15) is 4.79 Å². The predicted octanol–water partition coefficient (Wildman–Crippen LogP) is 4.24. The Morgan fingerprint density at radius 1 is 1.41 bits per heavy atom. The molecule has 110 valence electrons. The zero-order valence-electron chi connectivity index (χ0n) is 11.6. The maximum absolute atomic E-state index is 11.6. The van der Waals surface area contributed by atoms with Crippen LogP contribution in [0.25, 0.3) is 17.4 Å². The van der Waals surface area contributed by atoms with E-state index in [0.29, 0.717) is 16.5 Å². The Kier molecular flexibility index (Phi) is 5.18. The summed E-state index contributed by atoms with van der Waals surface area (Å²) in [6.07, 6.45) is 2.76. The minimum atomic E-state index is -0.719. The molecule has 0 saturated carbocycles. The first-order chi connectivity index (χ1) is 10.6. The number of carbonyl (C=O) groups is 1. The van der Waals surface area contributed by atoms with Gasteiger partial charge in [0.25, 0.3) is 0 Å². The molecule has 2 rings (SSSR count). The maximum Gasteiger partial charge on any atom is 0.349 e. The number of nitriles is 1. The Balaban J connectivity index is 2.23. The minimum Gasteiger partial charge on any atom is -0.457 e. The van der Waals surface area contributed by atoms with E-state index in [2.05, 4.69) is 6.58 Å². The van der Waals surface area contributed by atoms with Gasteiger partial charge in [0.15, 0.2) is 0 Å². The van der Waals surface area contributed by atoms with Crippen LogP contribution >= 0.6 is 11.6 Å². The molecular formula is C17H12ClNO3. The molecule has 0 aliphatic rings. The number of hydrogen-bond acceptors (Lipinski definition) is 4. The van der Waals surface area contributed by atoms with E-state index in [1.807, 2.05) is 12.1 Å². The lowest BCUT2D eigenvalue weighted by molar-refractivity contribution is -0.137. The van der Waals surface area contributed by atoms with Crippen LogP contribution in [-0.2, 0) is 9.53 Å². The summed E-state index contributed by atoms with van der Waals surface area (Å²) in [5.74, 6) is 0.246. The van der Waals surface area contributed by atoms with E-state index in [1.54, 1.807) is 30.3 Å². The summed E-state index contributed by atoms with van der Waals surface area (Å²) < 4.78 is 10.4. The van der Waals surface area contributed by atoms with E-state index in [4.69, 9.17) is 26.0 Å². The predicted molar refractivity (Wildman–Crippen MR) is 83.9 cm³/mol. The highest BCUT2D eigenvalue weighted by molar-refractivity contribution is 6.30. The van der Waals surface area contributed by atoms with Crippen LogP contribution in [0.5, 0.6) is 0 Å². The number of esters is 1. The third-order valence-electron chi connectivity index (χ3n) is 2.70. The molecule has 0 fully saturated rings. The van der Waals surface area contributed by atoms with Gasteiger partial charge in [-0.1, -0.05) is 36.4 Å². The number of halogens is 1. The van der Waals surface area contributed by atoms with E-state index in [0.717, 1.165) is 5.56 Å². The van der Waals surface area contributed by atoms with Gasteiger partial charge in [0.1, 0.15) is 29.8 Å². The second-order valence-electron chi connectivity index (χ2n) is 4.27. The lowest BCUT2D eigenvalue weighted by Gasteiger charge is -1.99. The molecule has 22 heavy (non-hydrogen) atoms. The number of nitrogens with zero attached hydrogens (tertiary/aromatic N) is 1. The number of hydrogen-bond donors (Lipinski definition) is 0. The largest absolute Gasteiger partial charge is 0.457 e. The van der Waals surface area contributed by atoms with Gasteiger partial charge in [0.2, 0.25) is 0 Å². The average molecular weight is 314 g/mol. The molecule has 1 aromatic carbocycles. The molecule has 4 nitrogen and oxygen atoms in total. The van der Waals surface area contributed by atoms with Crippen LogP contribution < -0.4 is 0 Å². The summed E-state index contributed by atoms with van der Waals surface area (Å²) >= 11 is 5.93. The van der Waals surface area contributed by atoms with Crippen molar-refractivity contribution >= 4 is 23.6 Å². The van der Waals surface area contributed by atoms with Crippen LogP contribution in [0.4, 0.5) is 0 Å². The molecule has 0 saturated heterocycles. The van der Waals surface area contributed by atoms with Crippen LogP contribution in [-0.4, -0.2) is 12.6 Å². The van der Waals surface area contributed by atoms with Gasteiger partial charge < -0.3 is 9.15 Å². The highest BCUT2D eigenvalue weighted by Crippen LogP contribution is 2.25. The van der Waals surface area contributed by atoms with Gasteiger partial charge in [0, 0.05) is 16.7 Å². The van der Waals surface area contributed by atoms with Gasteiger partial charge in [0.05, 0.1) is 0 Å². The van der Waals surface area contributed by atoms with Crippen LogP contribution in [0.1, 0.15) is 5.76 Å². The summed E-state index contributed by atoms with van der Waals surface area (Å²) in [7, 11) is 0. The lowest BCUT2D eigenvalue weighted by atomic mass is 10.2. The molecule has 0 atom stereocenters. The Labute approximate surface area is 132 Å². The number of furan rings is 1. The van der Waals surface area contributed by atoms with Crippen molar-refractivity contribution in [1.29, 1.82) is 5.26 Å². The zero-order valence-corrected chi connectivity index (χ0v) is 12.3. The molecule has 0 radical (unpaired) electrons. The van der Waals surface area contributed by atoms with Crippen LogP contribution in [0.2, 0.25) is 5.02 Å². The summed E-state index contributed by atoms with van der Waals surface area (Å²) in [6, 6.07) is 12.4. The van der Waals surface area contributed by atoms with Gasteiger partial charge in [-0.15, -0.1) is 0 Å². The molecule has 0 amide bonds. The first-order valence-corrected chi connectivity index (χ1v) is 6.77. The summed E-state index contributed by atoms with van der Waals surface area (Å²) in [5, 5.41) is 9.61. The molecule has 2 aromatic rings. The molecule has 1 heterocycles. The molecule has 1 aromatic heterocycles. The van der Waals surface area contributed by atoms with Crippen molar-refractivity contribution in [3.8, 4) is 17.4 Å². The van der Waals surface area contributed by atoms with Crippen molar-refractivity contribution < 1.29 is 13.9 Å². The van der Waals surface area contributed by atoms with E-state index in [1.165, 1.54) is 12.2 Å². The van der Waals surface area contributed by atoms with E-state index in [-0.39, 0.29) is 12.2 Å². The van der Waals surface area contributed by atoms with E-state index < -0.39 is 5.97 Å². The van der Waals surface area contributed by atoms with Crippen molar-refractivity contribution in [3.05, 3.63) is 65.4 Å². The summed E-state index contributed by atoms with van der Waals surface area (Å²) in [5.41, 5.74) is 0.661.